The summed E-state index contributed by atoms with van der Waals surface area (Å²) in [5.41, 5.74) is 1.23. The molecular formula is C23H26FN3O4. The van der Waals surface area contributed by atoms with Crippen LogP contribution in [0.5, 0.6) is 11.5 Å². The number of carbonyl (C=O) groups excluding carboxylic acids is 2. The maximum atomic E-state index is 13.2. The number of methoxy groups -OCH3 is 2. The molecule has 1 fully saturated rings. The summed E-state index contributed by atoms with van der Waals surface area (Å²) in [5, 5.41) is 2.69. The molecule has 0 bridgehead atoms. The summed E-state index contributed by atoms with van der Waals surface area (Å²) < 4.78 is 23.7. The van der Waals surface area contributed by atoms with Gasteiger partial charge in [0.05, 0.1) is 20.8 Å². The molecule has 0 spiro atoms. The fourth-order valence-corrected chi connectivity index (χ4v) is 3.29. The van der Waals surface area contributed by atoms with Gasteiger partial charge >= 0.3 is 0 Å². The number of rotatable bonds is 7. The van der Waals surface area contributed by atoms with E-state index in [1.54, 1.807) is 43.4 Å². The van der Waals surface area contributed by atoms with Crippen molar-refractivity contribution in [3.05, 3.63) is 59.9 Å². The number of hydrogen-bond donors (Lipinski definition) is 1. The molecule has 1 heterocycles. The number of nitrogens with zero attached hydrogens (tertiary/aromatic N) is 2. The predicted octanol–water partition coefficient (Wildman–Crippen LogP) is 2.64. The Hall–Kier alpha value is -3.39. The van der Waals surface area contributed by atoms with E-state index >= 15 is 0 Å². The maximum Gasteiger partial charge on any atom is 0.246 e. The minimum Gasteiger partial charge on any atom is -0.497 e. The topological polar surface area (TPSA) is 71.1 Å². The summed E-state index contributed by atoms with van der Waals surface area (Å²) in [6, 6.07) is 11.2. The van der Waals surface area contributed by atoms with E-state index in [-0.39, 0.29) is 18.4 Å². The molecule has 1 aliphatic heterocycles. The molecule has 0 unspecified atom stereocenters. The fraction of sp³-hybridized carbons (Fsp3) is 0.304. The van der Waals surface area contributed by atoms with Gasteiger partial charge in [0.25, 0.3) is 0 Å². The van der Waals surface area contributed by atoms with Crippen molar-refractivity contribution in [3.8, 4) is 11.5 Å². The zero-order valence-electron chi connectivity index (χ0n) is 17.6. The maximum absolute atomic E-state index is 13.2. The first kappa shape index (κ1) is 22.3. The lowest BCUT2D eigenvalue weighted by Crippen LogP contribution is -2.50. The number of benzene rings is 2. The summed E-state index contributed by atoms with van der Waals surface area (Å²) in [5.74, 6) is 0.599. The summed E-state index contributed by atoms with van der Waals surface area (Å²) in [7, 11) is 3.15. The van der Waals surface area contributed by atoms with Crippen molar-refractivity contribution in [2.45, 2.75) is 0 Å². The van der Waals surface area contributed by atoms with Crippen LogP contribution in [0, 0.1) is 5.82 Å². The number of amides is 2. The first-order valence-corrected chi connectivity index (χ1v) is 9.94. The highest BCUT2D eigenvalue weighted by molar-refractivity contribution is 5.93. The van der Waals surface area contributed by atoms with E-state index in [4.69, 9.17) is 9.47 Å². The summed E-state index contributed by atoms with van der Waals surface area (Å²) in [4.78, 5) is 28.4. The van der Waals surface area contributed by atoms with E-state index < -0.39 is 5.82 Å². The third-order valence-electron chi connectivity index (χ3n) is 4.95. The van der Waals surface area contributed by atoms with E-state index in [1.807, 2.05) is 17.0 Å². The van der Waals surface area contributed by atoms with Crippen molar-refractivity contribution < 1.29 is 23.5 Å². The minimum absolute atomic E-state index is 0.0920. The van der Waals surface area contributed by atoms with Crippen LogP contribution in [0.1, 0.15) is 5.56 Å². The van der Waals surface area contributed by atoms with E-state index in [9.17, 15) is 14.0 Å². The predicted molar refractivity (Wildman–Crippen MR) is 117 cm³/mol. The SMILES string of the molecule is COc1cc(/C=C/C(=O)N2CCN(CC(=O)Nc3cccc(F)c3)CC2)cc(OC)c1. The van der Waals surface area contributed by atoms with Crippen LogP contribution < -0.4 is 14.8 Å². The highest BCUT2D eigenvalue weighted by atomic mass is 19.1. The highest BCUT2D eigenvalue weighted by Gasteiger charge is 2.21. The molecule has 2 aromatic carbocycles. The van der Waals surface area contributed by atoms with Gasteiger partial charge in [-0.05, 0) is 42.0 Å². The van der Waals surface area contributed by atoms with Gasteiger partial charge in [-0.1, -0.05) is 6.07 Å². The van der Waals surface area contributed by atoms with Crippen LogP contribution in [-0.2, 0) is 9.59 Å². The molecule has 0 saturated carbocycles. The molecule has 8 heteroatoms. The number of anilines is 1. The number of carbonyl (C=O) groups is 2. The van der Waals surface area contributed by atoms with Gasteiger partial charge in [0, 0.05) is 44.0 Å². The quantitative estimate of drug-likeness (QED) is 0.688. The minimum atomic E-state index is -0.398. The van der Waals surface area contributed by atoms with Gasteiger partial charge in [-0.15, -0.1) is 0 Å². The molecule has 1 aliphatic rings. The number of hydrogen-bond acceptors (Lipinski definition) is 5. The Morgan fingerprint density at radius 3 is 2.32 bits per heavy atom. The van der Waals surface area contributed by atoms with E-state index in [1.165, 1.54) is 18.2 Å². The Bertz CT molecular complexity index is 933. The molecular weight excluding hydrogens is 401 g/mol. The second kappa shape index (κ2) is 10.6. The lowest BCUT2D eigenvalue weighted by molar-refractivity contribution is -0.127. The smallest absolute Gasteiger partial charge is 0.246 e. The molecule has 2 aromatic rings. The Morgan fingerprint density at radius 1 is 1.03 bits per heavy atom. The van der Waals surface area contributed by atoms with Gasteiger partial charge in [0.2, 0.25) is 11.8 Å². The van der Waals surface area contributed by atoms with E-state index in [0.29, 0.717) is 43.4 Å². The van der Waals surface area contributed by atoms with Crippen LogP contribution in [0.15, 0.2) is 48.5 Å². The van der Waals surface area contributed by atoms with Crippen LogP contribution in [0.2, 0.25) is 0 Å². The lowest BCUT2D eigenvalue weighted by Gasteiger charge is -2.33. The van der Waals surface area contributed by atoms with Crippen LogP contribution >= 0.6 is 0 Å². The highest BCUT2D eigenvalue weighted by Crippen LogP contribution is 2.23. The van der Waals surface area contributed by atoms with Crippen molar-refractivity contribution in [2.75, 3.05) is 52.3 Å². The molecule has 0 radical (unpaired) electrons. The molecule has 0 atom stereocenters. The van der Waals surface area contributed by atoms with Gasteiger partial charge < -0.3 is 19.7 Å². The largest absolute Gasteiger partial charge is 0.497 e. The molecule has 1 saturated heterocycles. The van der Waals surface area contributed by atoms with Crippen LogP contribution in [0.3, 0.4) is 0 Å². The van der Waals surface area contributed by atoms with Crippen molar-refractivity contribution in [2.24, 2.45) is 0 Å². The zero-order chi connectivity index (χ0) is 22.2. The molecule has 0 aliphatic carbocycles. The van der Waals surface area contributed by atoms with Crippen molar-refractivity contribution in [3.63, 3.8) is 0 Å². The van der Waals surface area contributed by atoms with E-state index in [0.717, 1.165) is 5.56 Å². The fourth-order valence-electron chi connectivity index (χ4n) is 3.29. The second-order valence-electron chi connectivity index (χ2n) is 7.14. The second-order valence-corrected chi connectivity index (χ2v) is 7.14. The molecule has 31 heavy (non-hydrogen) atoms. The average molecular weight is 427 g/mol. The average Bonchev–Trinajstić information content (AvgIpc) is 2.77. The van der Waals surface area contributed by atoms with Crippen LogP contribution in [-0.4, -0.2) is 68.6 Å². The molecule has 1 N–H and O–H groups in total. The van der Waals surface area contributed by atoms with Gasteiger partial charge in [0.1, 0.15) is 17.3 Å². The van der Waals surface area contributed by atoms with Gasteiger partial charge in [0.15, 0.2) is 0 Å². The molecule has 164 valence electrons. The first-order valence-electron chi connectivity index (χ1n) is 9.94. The standard InChI is InChI=1S/C23H26FN3O4/c1-30-20-12-17(13-21(15-20)31-2)6-7-23(29)27-10-8-26(9-11-27)16-22(28)25-19-5-3-4-18(24)14-19/h3-7,12-15H,8-11,16H2,1-2H3,(H,25,28)/b7-6+. The van der Waals surface area contributed by atoms with Gasteiger partial charge in [-0.2, -0.15) is 0 Å². The van der Waals surface area contributed by atoms with Crippen LogP contribution in [0.4, 0.5) is 10.1 Å². The lowest BCUT2D eigenvalue weighted by atomic mass is 10.2. The number of ether oxygens (including phenoxy) is 2. The first-order chi connectivity index (χ1) is 15.0. The molecule has 0 aromatic heterocycles. The number of halogens is 1. The van der Waals surface area contributed by atoms with Crippen molar-refractivity contribution in [1.82, 2.24) is 9.80 Å². The number of piperazine rings is 1. The Balaban J connectivity index is 1.48. The van der Waals surface area contributed by atoms with E-state index in [2.05, 4.69) is 5.32 Å². The monoisotopic (exact) mass is 427 g/mol. The Kier molecular flexibility index (Phi) is 7.61. The normalized spacial score (nSPS) is 14.5. The van der Waals surface area contributed by atoms with Crippen molar-refractivity contribution in [1.29, 1.82) is 0 Å². The third kappa shape index (κ3) is 6.55. The van der Waals surface area contributed by atoms with Gasteiger partial charge in [-0.3, -0.25) is 14.5 Å². The third-order valence-corrected chi connectivity index (χ3v) is 4.95. The Morgan fingerprint density at radius 2 is 1.71 bits per heavy atom. The number of nitrogens with one attached hydrogen (secondary N) is 1. The molecule has 7 nitrogen and oxygen atoms in total. The Labute approximate surface area is 181 Å². The van der Waals surface area contributed by atoms with Crippen molar-refractivity contribution >= 4 is 23.6 Å². The summed E-state index contributed by atoms with van der Waals surface area (Å²) >= 11 is 0. The summed E-state index contributed by atoms with van der Waals surface area (Å²) in [6.07, 6.45) is 3.26. The summed E-state index contributed by atoms with van der Waals surface area (Å²) in [6.45, 7) is 2.42. The van der Waals surface area contributed by atoms with Gasteiger partial charge in [-0.25, -0.2) is 4.39 Å². The zero-order valence-corrected chi connectivity index (χ0v) is 17.6. The molecule has 3 rings (SSSR count). The van der Waals surface area contributed by atoms with Crippen LogP contribution in [0.25, 0.3) is 6.08 Å². The molecule has 2 amide bonds.